The first kappa shape index (κ1) is 13.6. The Labute approximate surface area is 112 Å². The highest BCUT2D eigenvalue weighted by atomic mass is 16.4. The van der Waals surface area contributed by atoms with Gasteiger partial charge in [0.15, 0.2) is 0 Å². The summed E-state index contributed by atoms with van der Waals surface area (Å²) in [6.45, 7) is 3.76. The van der Waals surface area contributed by atoms with Crippen LogP contribution in [-0.2, 0) is 16.0 Å². The van der Waals surface area contributed by atoms with E-state index in [0.717, 1.165) is 12.0 Å². The lowest BCUT2D eigenvalue weighted by Crippen LogP contribution is -2.48. The van der Waals surface area contributed by atoms with Crippen LogP contribution in [0.4, 0.5) is 0 Å². The third-order valence-electron chi connectivity index (χ3n) is 3.95. The van der Waals surface area contributed by atoms with Gasteiger partial charge in [-0.25, -0.2) is 4.79 Å². The van der Waals surface area contributed by atoms with Crippen LogP contribution < -0.4 is 5.32 Å². The van der Waals surface area contributed by atoms with Crippen molar-refractivity contribution in [3.63, 3.8) is 0 Å². The molecule has 0 radical (unpaired) electrons. The molecule has 102 valence electrons. The van der Waals surface area contributed by atoms with Crippen LogP contribution in [0.15, 0.2) is 24.3 Å². The molecule has 19 heavy (non-hydrogen) atoms. The molecule has 0 heterocycles. The molecule has 0 saturated heterocycles. The predicted octanol–water partition coefficient (Wildman–Crippen LogP) is 1.94. The summed E-state index contributed by atoms with van der Waals surface area (Å²) in [7, 11) is 0. The summed E-state index contributed by atoms with van der Waals surface area (Å²) in [5, 5.41) is 11.8. The van der Waals surface area contributed by atoms with Crippen LogP contribution in [0.1, 0.15) is 37.3 Å². The highest BCUT2D eigenvalue weighted by Crippen LogP contribution is 2.35. The first-order valence-electron chi connectivity index (χ1n) is 6.65. The van der Waals surface area contributed by atoms with Gasteiger partial charge in [-0.2, -0.15) is 0 Å². The van der Waals surface area contributed by atoms with Crippen molar-refractivity contribution in [2.24, 2.45) is 5.92 Å². The summed E-state index contributed by atoms with van der Waals surface area (Å²) < 4.78 is 0. The van der Waals surface area contributed by atoms with Crippen molar-refractivity contribution in [1.82, 2.24) is 5.32 Å². The smallest absolute Gasteiger partial charge is 0.326 e. The fourth-order valence-electron chi connectivity index (χ4n) is 2.43. The number of hydrogen-bond acceptors (Lipinski definition) is 2. The van der Waals surface area contributed by atoms with E-state index in [2.05, 4.69) is 5.32 Å². The molecule has 4 nitrogen and oxygen atoms in total. The zero-order valence-corrected chi connectivity index (χ0v) is 11.2. The van der Waals surface area contributed by atoms with Crippen molar-refractivity contribution in [2.75, 3.05) is 0 Å². The second-order valence-corrected chi connectivity index (χ2v) is 5.17. The number of amides is 1. The Morgan fingerprint density at radius 1 is 1.42 bits per heavy atom. The molecule has 4 heteroatoms. The van der Waals surface area contributed by atoms with Crippen molar-refractivity contribution in [3.8, 4) is 0 Å². The van der Waals surface area contributed by atoms with E-state index in [0.29, 0.717) is 6.42 Å². The van der Waals surface area contributed by atoms with E-state index in [1.807, 2.05) is 38.1 Å². The average molecular weight is 261 g/mol. The minimum absolute atomic E-state index is 0.0724. The Kier molecular flexibility index (Phi) is 3.88. The summed E-state index contributed by atoms with van der Waals surface area (Å²) in [6.07, 6.45) is 1.42. The summed E-state index contributed by atoms with van der Waals surface area (Å²) in [6, 6.07) is 6.99. The van der Waals surface area contributed by atoms with Crippen LogP contribution in [0.3, 0.4) is 0 Å². The van der Waals surface area contributed by atoms with E-state index < -0.39 is 12.0 Å². The van der Waals surface area contributed by atoms with Gasteiger partial charge in [0.1, 0.15) is 6.04 Å². The van der Waals surface area contributed by atoms with Gasteiger partial charge in [-0.3, -0.25) is 4.79 Å². The maximum Gasteiger partial charge on any atom is 0.326 e. The summed E-state index contributed by atoms with van der Waals surface area (Å²) >= 11 is 0. The Bertz CT molecular complexity index is 498. The van der Waals surface area contributed by atoms with Crippen molar-refractivity contribution in [2.45, 2.75) is 38.6 Å². The first-order chi connectivity index (χ1) is 9.04. The van der Waals surface area contributed by atoms with Gasteiger partial charge in [-0.15, -0.1) is 0 Å². The van der Waals surface area contributed by atoms with Crippen molar-refractivity contribution < 1.29 is 14.7 Å². The number of carboxylic acid groups (broad SMARTS) is 1. The zero-order valence-electron chi connectivity index (χ0n) is 11.2. The van der Waals surface area contributed by atoms with Gasteiger partial charge in [0.2, 0.25) is 5.91 Å². The quantitative estimate of drug-likeness (QED) is 0.851. The first-order valence-corrected chi connectivity index (χ1v) is 6.65. The lowest BCUT2D eigenvalue weighted by atomic mass is 9.77. The number of hydrogen-bond donors (Lipinski definition) is 2. The highest BCUT2D eigenvalue weighted by Gasteiger charge is 2.35. The highest BCUT2D eigenvalue weighted by molar-refractivity contribution is 5.90. The minimum Gasteiger partial charge on any atom is -0.480 e. The van der Waals surface area contributed by atoms with Crippen LogP contribution in [-0.4, -0.2) is 23.0 Å². The number of rotatable bonds is 5. The summed E-state index contributed by atoms with van der Waals surface area (Å²) in [5.41, 5.74) is 2.20. The van der Waals surface area contributed by atoms with Gasteiger partial charge < -0.3 is 10.4 Å². The van der Waals surface area contributed by atoms with E-state index in [-0.39, 0.29) is 17.7 Å². The van der Waals surface area contributed by atoms with Crippen LogP contribution >= 0.6 is 0 Å². The van der Waals surface area contributed by atoms with E-state index >= 15 is 0 Å². The van der Waals surface area contributed by atoms with E-state index in [4.69, 9.17) is 0 Å². The molecule has 0 aromatic heterocycles. The number of fused-ring (bicyclic) bond motifs is 1. The van der Waals surface area contributed by atoms with Gasteiger partial charge in [0, 0.05) is 0 Å². The van der Waals surface area contributed by atoms with Gasteiger partial charge in [-0.05, 0) is 23.5 Å². The monoisotopic (exact) mass is 261 g/mol. The molecule has 1 aliphatic carbocycles. The summed E-state index contributed by atoms with van der Waals surface area (Å²) in [4.78, 5) is 23.3. The maximum atomic E-state index is 12.1. The van der Waals surface area contributed by atoms with Crippen LogP contribution in [0.5, 0.6) is 0 Å². The van der Waals surface area contributed by atoms with Crippen LogP contribution in [0, 0.1) is 5.92 Å². The molecular weight excluding hydrogens is 242 g/mol. The zero-order chi connectivity index (χ0) is 14.0. The predicted molar refractivity (Wildman–Crippen MR) is 71.9 cm³/mol. The topological polar surface area (TPSA) is 66.4 Å². The molecule has 1 aromatic carbocycles. The van der Waals surface area contributed by atoms with Gasteiger partial charge in [0.25, 0.3) is 0 Å². The number of carbonyl (C=O) groups is 2. The standard InChI is InChI=1S/C15H19NO3/c1-3-9(2)13(15(18)19)16-14(17)12-8-10-6-4-5-7-11(10)12/h4-7,9,12-13H,3,8H2,1-2H3,(H,16,17)(H,18,19)/t9?,12?,13-/m0/s1. The Hall–Kier alpha value is -1.84. The SMILES string of the molecule is CCC(C)[C@H](NC(=O)C1Cc2ccccc21)C(=O)O. The average Bonchev–Trinajstić information content (AvgIpc) is 2.36. The fourth-order valence-corrected chi connectivity index (χ4v) is 2.43. The molecule has 1 aliphatic rings. The Balaban J connectivity index is 2.04. The van der Waals surface area contributed by atoms with Crippen molar-refractivity contribution in [3.05, 3.63) is 35.4 Å². The van der Waals surface area contributed by atoms with Crippen LogP contribution in [0.25, 0.3) is 0 Å². The van der Waals surface area contributed by atoms with Gasteiger partial charge in [0.05, 0.1) is 5.92 Å². The third-order valence-corrected chi connectivity index (χ3v) is 3.95. The molecule has 2 N–H and O–H groups in total. The molecule has 0 aliphatic heterocycles. The molecule has 0 fully saturated rings. The van der Waals surface area contributed by atoms with E-state index in [1.165, 1.54) is 5.56 Å². The lowest BCUT2D eigenvalue weighted by Gasteiger charge is -2.31. The number of nitrogens with one attached hydrogen (secondary N) is 1. The van der Waals surface area contributed by atoms with Crippen LogP contribution in [0.2, 0.25) is 0 Å². The third kappa shape index (κ3) is 2.62. The molecule has 0 saturated carbocycles. The number of benzene rings is 1. The largest absolute Gasteiger partial charge is 0.480 e. The van der Waals surface area contributed by atoms with Crippen molar-refractivity contribution in [1.29, 1.82) is 0 Å². The lowest BCUT2D eigenvalue weighted by molar-refractivity contribution is -0.143. The number of carboxylic acids is 1. The maximum absolute atomic E-state index is 12.1. The molecule has 2 rings (SSSR count). The van der Waals surface area contributed by atoms with Crippen molar-refractivity contribution >= 4 is 11.9 Å². The molecule has 3 atom stereocenters. The Morgan fingerprint density at radius 2 is 2.11 bits per heavy atom. The second kappa shape index (κ2) is 5.43. The molecule has 1 aromatic rings. The molecular formula is C15H19NO3. The molecule has 0 bridgehead atoms. The fraction of sp³-hybridized carbons (Fsp3) is 0.467. The molecule has 1 amide bonds. The second-order valence-electron chi connectivity index (χ2n) is 5.17. The number of carbonyl (C=O) groups excluding carboxylic acids is 1. The van der Waals surface area contributed by atoms with E-state index in [9.17, 15) is 14.7 Å². The minimum atomic E-state index is -0.963. The van der Waals surface area contributed by atoms with Gasteiger partial charge >= 0.3 is 5.97 Å². The van der Waals surface area contributed by atoms with E-state index in [1.54, 1.807) is 0 Å². The Morgan fingerprint density at radius 3 is 2.68 bits per heavy atom. The number of aliphatic carboxylic acids is 1. The normalized spacial score (nSPS) is 19.8. The summed E-state index contributed by atoms with van der Waals surface area (Å²) in [5.74, 6) is -1.40. The molecule has 2 unspecified atom stereocenters. The van der Waals surface area contributed by atoms with Gasteiger partial charge in [-0.1, -0.05) is 44.5 Å². The molecule has 0 spiro atoms.